The van der Waals surface area contributed by atoms with Crippen LogP contribution in [0.4, 0.5) is 4.39 Å². The minimum atomic E-state index is -0.267. The summed E-state index contributed by atoms with van der Waals surface area (Å²) in [4.78, 5) is 2.03. The molecular formula is C6H14FIN2. The number of nitrogens with zero attached hydrogens (tertiary/aromatic N) is 1. The van der Waals surface area contributed by atoms with E-state index in [9.17, 15) is 4.39 Å². The predicted molar refractivity (Wildman–Crippen MR) is 50.4 cm³/mol. The first kappa shape index (κ1) is 10.6. The summed E-state index contributed by atoms with van der Waals surface area (Å²) in [5.74, 6) is 0. The lowest BCUT2D eigenvalue weighted by atomic mass is 10.5. The largest absolute Gasteiger partial charge is 0.329 e. The Kier molecular flexibility index (Phi) is 8.13. The van der Waals surface area contributed by atoms with Crippen molar-refractivity contribution in [2.75, 3.05) is 37.3 Å². The molecular weight excluding hydrogens is 246 g/mol. The number of halogens is 2. The van der Waals surface area contributed by atoms with Gasteiger partial charge in [-0.05, 0) is 0 Å². The van der Waals surface area contributed by atoms with E-state index in [1.165, 1.54) is 0 Å². The summed E-state index contributed by atoms with van der Waals surface area (Å²) in [6.45, 7) is 2.64. The van der Waals surface area contributed by atoms with Crippen molar-refractivity contribution >= 4 is 22.6 Å². The molecule has 62 valence electrons. The van der Waals surface area contributed by atoms with E-state index in [2.05, 4.69) is 22.6 Å². The molecule has 0 bridgehead atoms. The van der Waals surface area contributed by atoms with Crippen molar-refractivity contribution in [3.8, 4) is 0 Å². The lowest BCUT2D eigenvalue weighted by Crippen LogP contribution is -2.32. The molecule has 0 aliphatic rings. The van der Waals surface area contributed by atoms with Gasteiger partial charge in [0.05, 0.1) is 0 Å². The maximum atomic E-state index is 11.8. The van der Waals surface area contributed by atoms with Gasteiger partial charge in [0.1, 0.15) is 6.67 Å². The second-order valence-corrected chi connectivity index (χ2v) is 3.09. The third-order valence-electron chi connectivity index (χ3n) is 1.25. The van der Waals surface area contributed by atoms with Crippen LogP contribution in [0.3, 0.4) is 0 Å². The zero-order chi connectivity index (χ0) is 7.82. The van der Waals surface area contributed by atoms with Crippen LogP contribution in [-0.2, 0) is 0 Å². The summed E-state index contributed by atoms with van der Waals surface area (Å²) in [6.07, 6.45) is 0. The highest BCUT2D eigenvalue weighted by atomic mass is 127. The Balaban J connectivity index is 3.30. The van der Waals surface area contributed by atoms with Gasteiger partial charge in [-0.3, -0.25) is 4.90 Å². The highest BCUT2D eigenvalue weighted by molar-refractivity contribution is 14.1. The van der Waals surface area contributed by atoms with E-state index < -0.39 is 0 Å². The van der Waals surface area contributed by atoms with Crippen LogP contribution in [0, 0.1) is 0 Å². The molecule has 0 rings (SSSR count). The second kappa shape index (κ2) is 7.68. The first-order valence-electron chi connectivity index (χ1n) is 3.39. The van der Waals surface area contributed by atoms with Gasteiger partial charge in [0, 0.05) is 30.6 Å². The Morgan fingerprint density at radius 2 is 2.00 bits per heavy atom. The zero-order valence-electron chi connectivity index (χ0n) is 6.02. The Bertz CT molecular complexity index is 58.5. The summed E-state index contributed by atoms with van der Waals surface area (Å²) in [5, 5.41) is 0. The van der Waals surface area contributed by atoms with Crippen LogP contribution in [-0.4, -0.2) is 42.2 Å². The average molecular weight is 260 g/mol. The van der Waals surface area contributed by atoms with Gasteiger partial charge in [0.15, 0.2) is 0 Å². The number of hydrogen-bond donors (Lipinski definition) is 1. The highest BCUT2D eigenvalue weighted by Crippen LogP contribution is 1.90. The number of rotatable bonds is 6. The zero-order valence-corrected chi connectivity index (χ0v) is 8.18. The fraction of sp³-hybridized carbons (Fsp3) is 1.00. The van der Waals surface area contributed by atoms with Gasteiger partial charge in [-0.15, -0.1) is 0 Å². The van der Waals surface area contributed by atoms with Gasteiger partial charge >= 0.3 is 0 Å². The molecule has 0 spiro atoms. The first-order chi connectivity index (χ1) is 4.85. The SMILES string of the molecule is NCCN(CCF)CCI. The molecule has 0 amide bonds. The van der Waals surface area contributed by atoms with Crippen LogP contribution in [0.15, 0.2) is 0 Å². The molecule has 0 atom stereocenters. The molecule has 0 aromatic rings. The number of nitrogens with two attached hydrogens (primary N) is 1. The van der Waals surface area contributed by atoms with Gasteiger partial charge in [-0.1, -0.05) is 22.6 Å². The molecule has 2 N–H and O–H groups in total. The molecule has 0 radical (unpaired) electrons. The van der Waals surface area contributed by atoms with Gasteiger partial charge in [-0.25, -0.2) is 4.39 Å². The summed E-state index contributed by atoms with van der Waals surface area (Å²) in [7, 11) is 0. The van der Waals surface area contributed by atoms with E-state index in [0.29, 0.717) is 13.1 Å². The van der Waals surface area contributed by atoms with Crippen molar-refractivity contribution in [1.82, 2.24) is 4.90 Å². The molecule has 0 unspecified atom stereocenters. The summed E-state index contributed by atoms with van der Waals surface area (Å²) in [6, 6.07) is 0. The molecule has 0 saturated heterocycles. The smallest absolute Gasteiger partial charge is 0.102 e. The maximum Gasteiger partial charge on any atom is 0.102 e. The molecule has 0 saturated carbocycles. The van der Waals surface area contributed by atoms with Gasteiger partial charge in [0.2, 0.25) is 0 Å². The lowest BCUT2D eigenvalue weighted by molar-refractivity contribution is 0.269. The Morgan fingerprint density at radius 1 is 1.30 bits per heavy atom. The fourth-order valence-corrected chi connectivity index (χ4v) is 1.44. The minimum absolute atomic E-state index is 0.267. The van der Waals surface area contributed by atoms with E-state index in [1.807, 2.05) is 4.90 Å². The quantitative estimate of drug-likeness (QED) is 0.561. The molecule has 10 heavy (non-hydrogen) atoms. The van der Waals surface area contributed by atoms with Crippen molar-refractivity contribution in [2.24, 2.45) is 5.73 Å². The molecule has 0 aromatic heterocycles. The first-order valence-corrected chi connectivity index (χ1v) is 4.92. The molecule has 0 heterocycles. The maximum absolute atomic E-state index is 11.8. The Hall–Kier alpha value is 0.580. The molecule has 0 aliphatic carbocycles. The van der Waals surface area contributed by atoms with Crippen LogP contribution < -0.4 is 5.73 Å². The average Bonchev–Trinajstić information content (AvgIpc) is 1.90. The third-order valence-corrected chi connectivity index (χ3v) is 1.73. The number of hydrogen-bond acceptors (Lipinski definition) is 2. The van der Waals surface area contributed by atoms with Crippen LogP contribution in [0.2, 0.25) is 0 Å². The Labute approximate surface area is 75.1 Å². The van der Waals surface area contributed by atoms with Crippen molar-refractivity contribution < 1.29 is 4.39 Å². The van der Waals surface area contributed by atoms with E-state index in [0.717, 1.165) is 17.5 Å². The van der Waals surface area contributed by atoms with Gasteiger partial charge < -0.3 is 5.73 Å². The van der Waals surface area contributed by atoms with E-state index >= 15 is 0 Å². The molecule has 0 fully saturated rings. The number of alkyl halides is 2. The molecule has 0 aliphatic heterocycles. The van der Waals surface area contributed by atoms with Crippen molar-refractivity contribution in [1.29, 1.82) is 0 Å². The molecule has 4 heteroatoms. The lowest BCUT2D eigenvalue weighted by Gasteiger charge is -2.17. The minimum Gasteiger partial charge on any atom is -0.329 e. The molecule has 2 nitrogen and oxygen atoms in total. The van der Waals surface area contributed by atoms with E-state index in [4.69, 9.17) is 5.73 Å². The van der Waals surface area contributed by atoms with E-state index in [-0.39, 0.29) is 6.67 Å². The van der Waals surface area contributed by atoms with Crippen molar-refractivity contribution in [2.45, 2.75) is 0 Å². The fourth-order valence-electron chi connectivity index (χ4n) is 0.757. The van der Waals surface area contributed by atoms with Crippen LogP contribution >= 0.6 is 22.6 Å². The Morgan fingerprint density at radius 3 is 2.40 bits per heavy atom. The highest BCUT2D eigenvalue weighted by Gasteiger charge is 2.00. The van der Waals surface area contributed by atoms with Crippen LogP contribution in [0.1, 0.15) is 0 Å². The topological polar surface area (TPSA) is 29.3 Å². The van der Waals surface area contributed by atoms with E-state index in [1.54, 1.807) is 0 Å². The van der Waals surface area contributed by atoms with Crippen molar-refractivity contribution in [3.05, 3.63) is 0 Å². The van der Waals surface area contributed by atoms with Crippen LogP contribution in [0.25, 0.3) is 0 Å². The summed E-state index contributed by atoms with van der Waals surface area (Å²) < 4.78 is 12.8. The third kappa shape index (κ3) is 5.37. The summed E-state index contributed by atoms with van der Waals surface area (Å²) in [5.41, 5.74) is 5.32. The summed E-state index contributed by atoms with van der Waals surface area (Å²) >= 11 is 2.28. The van der Waals surface area contributed by atoms with Gasteiger partial charge in [-0.2, -0.15) is 0 Å². The van der Waals surface area contributed by atoms with Crippen molar-refractivity contribution in [3.63, 3.8) is 0 Å². The second-order valence-electron chi connectivity index (χ2n) is 2.01. The normalized spacial score (nSPS) is 10.8. The molecule has 0 aromatic carbocycles. The van der Waals surface area contributed by atoms with Crippen LogP contribution in [0.5, 0.6) is 0 Å². The standard InChI is InChI=1S/C6H14FIN2/c7-1-4-10(5-2-8)6-3-9/h1-6,9H2. The predicted octanol–water partition coefficient (Wildman–Crippen LogP) is 0.652. The monoisotopic (exact) mass is 260 g/mol. The van der Waals surface area contributed by atoms with Gasteiger partial charge in [0.25, 0.3) is 0 Å².